The Labute approximate surface area is 118 Å². The molecule has 0 bridgehead atoms. The van der Waals surface area contributed by atoms with Crippen LogP contribution in [0, 0.1) is 0 Å². The molecule has 112 valence electrons. The van der Waals surface area contributed by atoms with E-state index in [1.807, 2.05) is 13.8 Å². The number of unbranched alkanes of at least 4 members (excludes halogenated alkanes) is 1. The van der Waals surface area contributed by atoms with Crippen molar-refractivity contribution in [1.29, 1.82) is 0 Å². The van der Waals surface area contributed by atoms with Crippen molar-refractivity contribution in [2.75, 3.05) is 6.54 Å². The van der Waals surface area contributed by atoms with E-state index >= 15 is 0 Å². The number of nitrogens with zero attached hydrogens (tertiary/aromatic N) is 4. The van der Waals surface area contributed by atoms with Gasteiger partial charge in [-0.3, -0.25) is 9.59 Å². The summed E-state index contributed by atoms with van der Waals surface area (Å²) in [6.45, 7) is 6.48. The summed E-state index contributed by atoms with van der Waals surface area (Å²) in [7, 11) is 0. The third-order valence-corrected chi connectivity index (χ3v) is 3.19. The van der Waals surface area contributed by atoms with Crippen LogP contribution in [0.25, 0.3) is 0 Å². The number of carbonyl (C=O) groups is 2. The van der Waals surface area contributed by atoms with E-state index in [2.05, 4.69) is 17.2 Å². The average molecular weight is 282 g/mol. The number of carboxylic acid groups (broad SMARTS) is 1. The molecule has 1 N–H and O–H groups in total. The van der Waals surface area contributed by atoms with E-state index in [1.54, 1.807) is 4.90 Å². The van der Waals surface area contributed by atoms with Gasteiger partial charge in [0.05, 0.1) is 6.20 Å². The van der Waals surface area contributed by atoms with Crippen LogP contribution >= 0.6 is 0 Å². The maximum atomic E-state index is 12.4. The molecule has 0 aromatic carbocycles. The molecule has 1 rings (SSSR count). The maximum Gasteiger partial charge on any atom is 0.325 e. The normalized spacial score (nSPS) is 12.2. The Kier molecular flexibility index (Phi) is 6.14. The Morgan fingerprint density at radius 2 is 2.15 bits per heavy atom. The molecule has 0 spiro atoms. The lowest BCUT2D eigenvalue weighted by Gasteiger charge is -2.27. The molecule has 0 aliphatic heterocycles. The first-order valence-corrected chi connectivity index (χ1v) is 6.92. The number of aromatic nitrogens is 3. The Hall–Kier alpha value is -1.92. The fourth-order valence-electron chi connectivity index (χ4n) is 1.83. The zero-order valence-corrected chi connectivity index (χ0v) is 12.2. The van der Waals surface area contributed by atoms with Gasteiger partial charge in [0.15, 0.2) is 5.69 Å². The summed E-state index contributed by atoms with van der Waals surface area (Å²) in [5.41, 5.74) is 0.197. The monoisotopic (exact) mass is 282 g/mol. The second-order valence-electron chi connectivity index (χ2n) is 4.80. The van der Waals surface area contributed by atoms with E-state index in [-0.39, 0.29) is 24.2 Å². The number of hydrogen-bond acceptors (Lipinski definition) is 4. The van der Waals surface area contributed by atoms with Crippen LogP contribution in [-0.2, 0) is 11.3 Å². The molecule has 1 atom stereocenters. The van der Waals surface area contributed by atoms with Gasteiger partial charge in [-0.2, -0.15) is 0 Å². The second-order valence-corrected chi connectivity index (χ2v) is 4.80. The predicted octanol–water partition coefficient (Wildman–Crippen LogP) is 1.40. The van der Waals surface area contributed by atoms with Crippen LogP contribution in [-0.4, -0.2) is 49.5 Å². The summed E-state index contributed by atoms with van der Waals surface area (Å²) in [6.07, 6.45) is 4.18. The Morgan fingerprint density at radius 1 is 1.45 bits per heavy atom. The highest BCUT2D eigenvalue weighted by Crippen LogP contribution is 2.10. The minimum absolute atomic E-state index is 0.124. The Balaban J connectivity index is 2.82. The van der Waals surface area contributed by atoms with Crippen molar-refractivity contribution in [3.8, 4) is 0 Å². The lowest BCUT2D eigenvalue weighted by molar-refractivity contribution is -0.137. The summed E-state index contributed by atoms with van der Waals surface area (Å²) in [5.74, 6) is -1.21. The standard InChI is InChI=1S/C13H22N4O3/c1-4-6-7-17(10(3)5-2)13(20)11-8-16(15-14-11)9-12(18)19/h8,10H,4-7,9H2,1-3H3,(H,18,19). The van der Waals surface area contributed by atoms with Crippen LogP contribution in [0.4, 0.5) is 0 Å². The van der Waals surface area contributed by atoms with Crippen molar-refractivity contribution in [3.05, 3.63) is 11.9 Å². The number of amides is 1. The van der Waals surface area contributed by atoms with Crippen molar-refractivity contribution in [2.45, 2.75) is 52.6 Å². The van der Waals surface area contributed by atoms with Gasteiger partial charge in [-0.1, -0.05) is 25.5 Å². The van der Waals surface area contributed by atoms with E-state index < -0.39 is 5.97 Å². The van der Waals surface area contributed by atoms with Crippen molar-refractivity contribution in [1.82, 2.24) is 19.9 Å². The molecule has 0 fully saturated rings. The van der Waals surface area contributed by atoms with Crippen LogP contribution in [0.15, 0.2) is 6.20 Å². The zero-order valence-electron chi connectivity index (χ0n) is 12.2. The third kappa shape index (κ3) is 4.32. The van der Waals surface area contributed by atoms with Crippen molar-refractivity contribution >= 4 is 11.9 Å². The molecule has 1 aromatic rings. The molecule has 1 amide bonds. The Morgan fingerprint density at radius 3 is 2.70 bits per heavy atom. The van der Waals surface area contributed by atoms with Crippen LogP contribution in [0.5, 0.6) is 0 Å². The SMILES string of the molecule is CCCCN(C(=O)c1cn(CC(=O)O)nn1)C(C)CC. The number of carbonyl (C=O) groups excluding carboxylic acids is 1. The first-order valence-electron chi connectivity index (χ1n) is 6.92. The number of rotatable bonds is 8. The lowest BCUT2D eigenvalue weighted by Crippen LogP contribution is -2.39. The minimum atomic E-state index is -1.02. The van der Waals surface area contributed by atoms with Crippen LogP contribution in [0.2, 0.25) is 0 Å². The van der Waals surface area contributed by atoms with Gasteiger partial charge in [-0.25, -0.2) is 4.68 Å². The molecule has 1 aromatic heterocycles. The fraction of sp³-hybridized carbons (Fsp3) is 0.692. The zero-order chi connectivity index (χ0) is 15.1. The first kappa shape index (κ1) is 16.1. The largest absolute Gasteiger partial charge is 0.480 e. The molecular formula is C13H22N4O3. The summed E-state index contributed by atoms with van der Waals surface area (Å²) in [6, 6.07) is 0.124. The third-order valence-electron chi connectivity index (χ3n) is 3.19. The summed E-state index contributed by atoms with van der Waals surface area (Å²) < 4.78 is 1.16. The van der Waals surface area contributed by atoms with E-state index in [0.29, 0.717) is 6.54 Å². The van der Waals surface area contributed by atoms with E-state index in [4.69, 9.17) is 5.11 Å². The number of aliphatic carboxylic acids is 1. The summed E-state index contributed by atoms with van der Waals surface area (Å²) in [4.78, 5) is 24.8. The van der Waals surface area contributed by atoms with Gasteiger partial charge in [0.25, 0.3) is 5.91 Å². The molecule has 0 saturated carbocycles. The minimum Gasteiger partial charge on any atom is -0.480 e. The molecular weight excluding hydrogens is 260 g/mol. The highest BCUT2D eigenvalue weighted by molar-refractivity contribution is 5.92. The van der Waals surface area contributed by atoms with Crippen molar-refractivity contribution in [3.63, 3.8) is 0 Å². The predicted molar refractivity (Wildman–Crippen MR) is 73.4 cm³/mol. The number of carboxylic acids is 1. The molecule has 0 radical (unpaired) electrons. The number of hydrogen-bond donors (Lipinski definition) is 1. The van der Waals surface area contributed by atoms with Gasteiger partial charge in [0.1, 0.15) is 6.54 Å². The highest BCUT2D eigenvalue weighted by Gasteiger charge is 2.22. The first-order chi connectivity index (χ1) is 9.49. The molecule has 0 aliphatic rings. The van der Waals surface area contributed by atoms with Crippen LogP contribution < -0.4 is 0 Å². The van der Waals surface area contributed by atoms with E-state index in [0.717, 1.165) is 23.9 Å². The maximum absolute atomic E-state index is 12.4. The molecule has 7 nitrogen and oxygen atoms in total. The summed E-state index contributed by atoms with van der Waals surface area (Å²) >= 11 is 0. The molecule has 7 heteroatoms. The van der Waals surface area contributed by atoms with Gasteiger partial charge in [0.2, 0.25) is 0 Å². The molecule has 1 unspecified atom stereocenters. The Bertz CT molecular complexity index is 458. The highest BCUT2D eigenvalue weighted by atomic mass is 16.4. The van der Waals surface area contributed by atoms with Gasteiger partial charge < -0.3 is 10.0 Å². The van der Waals surface area contributed by atoms with E-state index in [9.17, 15) is 9.59 Å². The second kappa shape index (κ2) is 7.62. The molecule has 20 heavy (non-hydrogen) atoms. The van der Waals surface area contributed by atoms with Crippen molar-refractivity contribution < 1.29 is 14.7 Å². The molecule has 1 heterocycles. The van der Waals surface area contributed by atoms with Gasteiger partial charge in [-0.15, -0.1) is 5.10 Å². The fourth-order valence-corrected chi connectivity index (χ4v) is 1.83. The average Bonchev–Trinajstić information content (AvgIpc) is 2.86. The molecule has 0 aliphatic carbocycles. The van der Waals surface area contributed by atoms with Gasteiger partial charge in [-0.05, 0) is 19.8 Å². The molecule has 0 saturated heterocycles. The van der Waals surface area contributed by atoms with Crippen molar-refractivity contribution in [2.24, 2.45) is 0 Å². The smallest absolute Gasteiger partial charge is 0.325 e. The summed E-state index contributed by atoms with van der Waals surface area (Å²) in [5, 5.41) is 16.1. The van der Waals surface area contributed by atoms with Crippen LogP contribution in [0.1, 0.15) is 50.5 Å². The topological polar surface area (TPSA) is 88.3 Å². The van der Waals surface area contributed by atoms with Gasteiger partial charge >= 0.3 is 5.97 Å². The van der Waals surface area contributed by atoms with Gasteiger partial charge in [0, 0.05) is 12.6 Å². The quantitative estimate of drug-likeness (QED) is 0.778. The van der Waals surface area contributed by atoms with E-state index in [1.165, 1.54) is 6.20 Å². The lowest BCUT2D eigenvalue weighted by atomic mass is 10.2. The van der Waals surface area contributed by atoms with Crippen LogP contribution in [0.3, 0.4) is 0 Å².